The number of primary amides is 1. The summed E-state index contributed by atoms with van der Waals surface area (Å²) in [6.07, 6.45) is 8.25. The lowest BCUT2D eigenvalue weighted by Gasteiger charge is -2.37. The number of nitrogens with zero attached hydrogens (tertiary/aromatic N) is 2. The number of methoxy groups -OCH3 is 1. The van der Waals surface area contributed by atoms with E-state index in [1.807, 2.05) is 36.4 Å². The fraction of sp³-hybridized carbons (Fsp3) is 0.407. The molecule has 4 rings (SSSR count). The van der Waals surface area contributed by atoms with Crippen molar-refractivity contribution in [3.63, 3.8) is 0 Å². The molecule has 1 amide bonds. The number of aryl methyl sites for hydroxylation is 1. The summed E-state index contributed by atoms with van der Waals surface area (Å²) in [5, 5.41) is 0. The zero-order chi connectivity index (χ0) is 22.6. The molecule has 0 saturated heterocycles. The topological polar surface area (TPSA) is 61.1 Å². The summed E-state index contributed by atoms with van der Waals surface area (Å²) < 4.78 is 9.88. The van der Waals surface area contributed by atoms with Crippen LogP contribution in [0.15, 0.2) is 73.1 Å². The van der Waals surface area contributed by atoms with Crippen LogP contribution in [0.4, 0.5) is 0 Å². The van der Waals surface area contributed by atoms with E-state index in [-0.39, 0.29) is 28.8 Å². The molecule has 0 aliphatic heterocycles. The van der Waals surface area contributed by atoms with Crippen molar-refractivity contribution in [2.24, 2.45) is 11.7 Å². The Bertz CT molecular complexity index is 997. The van der Waals surface area contributed by atoms with Gasteiger partial charge < -0.3 is 27.5 Å². The number of halogens is 1. The summed E-state index contributed by atoms with van der Waals surface area (Å²) in [4.78, 5) is 13.3. The van der Waals surface area contributed by atoms with E-state index < -0.39 is 5.41 Å². The molecule has 33 heavy (non-hydrogen) atoms. The van der Waals surface area contributed by atoms with E-state index in [0.29, 0.717) is 6.04 Å². The number of carbonyl (C=O) groups excluding carboxylic acids is 1. The van der Waals surface area contributed by atoms with E-state index in [0.717, 1.165) is 50.0 Å². The summed E-state index contributed by atoms with van der Waals surface area (Å²) in [7, 11) is 1.74. The van der Waals surface area contributed by atoms with Crippen molar-refractivity contribution in [2.75, 3.05) is 13.7 Å². The second kappa shape index (κ2) is 11.1. The fourth-order valence-corrected chi connectivity index (χ4v) is 5.65. The molecule has 2 atom stereocenters. The SMILES string of the molecule is COCCC[n+]1ccn([C@@H]2CC[C@H](C(C(N)=O)(c3ccccc3)c3ccccc3)C2)c1C.[Br-]. The molecular weight excluding hydrogens is 478 g/mol. The molecule has 0 unspecified atom stereocenters. The number of imidazole rings is 1. The third-order valence-electron chi connectivity index (χ3n) is 7.20. The molecule has 6 heteroatoms. The Labute approximate surface area is 207 Å². The zero-order valence-electron chi connectivity index (χ0n) is 19.5. The second-order valence-corrected chi connectivity index (χ2v) is 8.86. The van der Waals surface area contributed by atoms with Crippen LogP contribution < -0.4 is 27.3 Å². The van der Waals surface area contributed by atoms with Crippen LogP contribution >= 0.6 is 0 Å². The van der Waals surface area contributed by atoms with Crippen LogP contribution in [0.1, 0.15) is 48.7 Å². The Hall–Kier alpha value is -2.44. The highest BCUT2D eigenvalue weighted by Crippen LogP contribution is 2.49. The predicted molar refractivity (Wildman–Crippen MR) is 125 cm³/mol. The van der Waals surface area contributed by atoms with Crippen LogP contribution in [0.5, 0.6) is 0 Å². The number of nitrogens with two attached hydrogens (primary N) is 1. The molecule has 1 aromatic heterocycles. The van der Waals surface area contributed by atoms with E-state index in [2.05, 4.69) is 52.7 Å². The lowest BCUT2D eigenvalue weighted by atomic mass is 9.64. The number of hydrogen-bond acceptors (Lipinski definition) is 2. The van der Waals surface area contributed by atoms with Crippen molar-refractivity contribution in [1.29, 1.82) is 0 Å². The van der Waals surface area contributed by atoms with Gasteiger partial charge in [0, 0.05) is 27.1 Å². The van der Waals surface area contributed by atoms with Crippen molar-refractivity contribution < 1.29 is 31.1 Å². The number of rotatable bonds is 9. The molecule has 0 spiro atoms. The quantitative estimate of drug-likeness (QED) is 0.343. The first kappa shape index (κ1) is 25.2. The number of aromatic nitrogens is 2. The molecule has 1 saturated carbocycles. The maximum atomic E-state index is 13.3. The minimum absolute atomic E-state index is 0. The first-order valence-corrected chi connectivity index (χ1v) is 11.6. The molecule has 1 aliphatic carbocycles. The number of benzene rings is 2. The van der Waals surface area contributed by atoms with Gasteiger partial charge in [-0.05, 0) is 36.3 Å². The fourth-order valence-electron chi connectivity index (χ4n) is 5.65. The highest BCUT2D eigenvalue weighted by molar-refractivity contribution is 5.91. The van der Waals surface area contributed by atoms with Gasteiger partial charge in [0.05, 0.1) is 6.54 Å². The van der Waals surface area contributed by atoms with Gasteiger partial charge in [-0.25, -0.2) is 9.13 Å². The largest absolute Gasteiger partial charge is 1.00 e. The van der Waals surface area contributed by atoms with Crippen LogP contribution in [-0.2, 0) is 21.5 Å². The van der Waals surface area contributed by atoms with E-state index in [1.54, 1.807) is 7.11 Å². The van der Waals surface area contributed by atoms with E-state index in [1.165, 1.54) is 5.82 Å². The monoisotopic (exact) mass is 511 g/mol. The summed E-state index contributed by atoms with van der Waals surface area (Å²) in [6, 6.07) is 20.5. The van der Waals surface area contributed by atoms with Crippen molar-refractivity contribution >= 4 is 5.91 Å². The molecule has 2 aromatic carbocycles. The lowest BCUT2D eigenvalue weighted by molar-refractivity contribution is -0.703. The maximum Gasteiger partial charge on any atom is 0.253 e. The summed E-state index contributed by atoms with van der Waals surface area (Å²) in [6.45, 7) is 3.89. The van der Waals surface area contributed by atoms with Crippen LogP contribution in [-0.4, -0.2) is 24.2 Å². The Morgan fingerprint density at radius 2 is 1.70 bits per heavy atom. The van der Waals surface area contributed by atoms with Crippen molar-refractivity contribution in [3.8, 4) is 0 Å². The number of hydrogen-bond donors (Lipinski definition) is 1. The molecule has 0 radical (unpaired) electrons. The molecule has 5 nitrogen and oxygen atoms in total. The minimum atomic E-state index is -0.827. The zero-order valence-corrected chi connectivity index (χ0v) is 21.1. The molecular formula is C27H34BrN3O2. The molecule has 1 aliphatic rings. The van der Waals surface area contributed by atoms with Gasteiger partial charge in [-0.1, -0.05) is 60.7 Å². The Balaban J connectivity index is 0.00000306. The van der Waals surface area contributed by atoms with Gasteiger partial charge >= 0.3 is 0 Å². The maximum absolute atomic E-state index is 13.3. The molecule has 1 heterocycles. The summed E-state index contributed by atoms with van der Waals surface area (Å²) >= 11 is 0. The first-order chi connectivity index (χ1) is 15.6. The smallest absolute Gasteiger partial charge is 0.253 e. The molecule has 1 fully saturated rings. The third kappa shape index (κ3) is 4.78. The molecule has 176 valence electrons. The van der Waals surface area contributed by atoms with E-state index in [4.69, 9.17) is 10.5 Å². The first-order valence-electron chi connectivity index (χ1n) is 11.6. The third-order valence-corrected chi connectivity index (χ3v) is 7.20. The van der Waals surface area contributed by atoms with Gasteiger partial charge in [0.15, 0.2) is 0 Å². The number of carbonyl (C=O) groups is 1. The van der Waals surface area contributed by atoms with Crippen LogP contribution in [0.3, 0.4) is 0 Å². The highest BCUT2D eigenvalue weighted by atomic mass is 79.9. The average Bonchev–Trinajstić information content (AvgIpc) is 3.43. The molecule has 3 aromatic rings. The Morgan fingerprint density at radius 3 is 2.24 bits per heavy atom. The van der Waals surface area contributed by atoms with Crippen molar-refractivity contribution in [2.45, 2.75) is 50.6 Å². The minimum Gasteiger partial charge on any atom is -1.00 e. The second-order valence-electron chi connectivity index (χ2n) is 8.86. The van der Waals surface area contributed by atoms with Gasteiger partial charge in [-0.15, -0.1) is 0 Å². The summed E-state index contributed by atoms with van der Waals surface area (Å²) in [5.74, 6) is 1.12. The highest BCUT2D eigenvalue weighted by Gasteiger charge is 2.51. The molecule has 2 N–H and O–H groups in total. The van der Waals surface area contributed by atoms with E-state index in [9.17, 15) is 4.79 Å². The van der Waals surface area contributed by atoms with Crippen molar-refractivity contribution in [1.82, 2.24) is 4.57 Å². The summed E-state index contributed by atoms with van der Waals surface area (Å²) in [5.41, 5.74) is 7.39. The van der Waals surface area contributed by atoms with Gasteiger partial charge in [-0.2, -0.15) is 0 Å². The van der Waals surface area contributed by atoms with Gasteiger partial charge in [-0.3, -0.25) is 4.79 Å². The normalized spacial score (nSPS) is 18.1. The standard InChI is InChI=1S/C27H33N3O2.BrH/c1-21-29(16-9-19-32-2)17-18-30(21)25-15-14-24(20-25)27(26(28)31,22-10-5-3-6-11-22)23-12-7-4-8-13-23;/h3-8,10-13,17-18,24-25H,9,14-16,19-20H2,1-2H3,(H-,28,31);1H/t24-,25+;/m0./s1. The average molecular weight is 512 g/mol. The number of ether oxygens (including phenoxy) is 1. The van der Waals surface area contributed by atoms with Gasteiger partial charge in [0.1, 0.15) is 23.9 Å². The van der Waals surface area contributed by atoms with Crippen LogP contribution in [0.25, 0.3) is 0 Å². The van der Waals surface area contributed by atoms with Crippen LogP contribution in [0, 0.1) is 12.8 Å². The predicted octanol–water partition coefficient (Wildman–Crippen LogP) is 0.937. The molecule has 0 bridgehead atoms. The Morgan fingerprint density at radius 1 is 1.09 bits per heavy atom. The van der Waals surface area contributed by atoms with Crippen molar-refractivity contribution in [3.05, 3.63) is 90.0 Å². The number of amides is 1. The van der Waals surface area contributed by atoms with Crippen LogP contribution in [0.2, 0.25) is 0 Å². The van der Waals surface area contributed by atoms with Gasteiger partial charge in [0.2, 0.25) is 5.91 Å². The van der Waals surface area contributed by atoms with Gasteiger partial charge in [0.25, 0.3) is 5.82 Å². The lowest BCUT2D eigenvalue weighted by Crippen LogP contribution is -3.00. The Kier molecular flexibility index (Phi) is 8.49. The van der Waals surface area contributed by atoms with E-state index >= 15 is 0 Å².